The van der Waals surface area contributed by atoms with Gasteiger partial charge >= 0.3 is 0 Å². The third-order valence-corrected chi connectivity index (χ3v) is 4.38. The van der Waals surface area contributed by atoms with Gasteiger partial charge in [-0.25, -0.2) is 17.9 Å². The number of primary sulfonamides is 1. The lowest BCUT2D eigenvalue weighted by molar-refractivity contribution is -0.128. The van der Waals surface area contributed by atoms with Crippen LogP contribution in [0.4, 0.5) is 4.39 Å². The van der Waals surface area contributed by atoms with Crippen LogP contribution >= 0.6 is 11.6 Å². The minimum absolute atomic E-state index is 0.00441. The number of hydrogen-bond acceptors (Lipinski definition) is 3. The first kappa shape index (κ1) is 15.2. The molecule has 0 saturated carbocycles. The maximum absolute atomic E-state index is 13.8. The molecule has 1 fully saturated rings. The van der Waals surface area contributed by atoms with Crippen molar-refractivity contribution in [2.75, 3.05) is 12.3 Å². The van der Waals surface area contributed by atoms with Crippen molar-refractivity contribution in [1.29, 1.82) is 0 Å². The van der Waals surface area contributed by atoms with Crippen molar-refractivity contribution in [3.63, 3.8) is 0 Å². The van der Waals surface area contributed by atoms with Gasteiger partial charge in [-0.05, 0) is 6.07 Å². The van der Waals surface area contributed by atoms with E-state index in [1.54, 1.807) is 12.1 Å². The van der Waals surface area contributed by atoms with E-state index in [-0.39, 0.29) is 42.1 Å². The van der Waals surface area contributed by atoms with E-state index in [9.17, 15) is 17.6 Å². The summed E-state index contributed by atoms with van der Waals surface area (Å²) in [6, 6.07) is 4.57. The second kappa shape index (κ2) is 5.67. The molecular formula is C12H14ClFN2O3S. The summed E-state index contributed by atoms with van der Waals surface area (Å²) in [5, 5.41) is 4.96. The van der Waals surface area contributed by atoms with Crippen molar-refractivity contribution in [3.8, 4) is 0 Å². The molecule has 1 aliphatic rings. The predicted octanol–water partition coefficient (Wildman–Crippen LogP) is 1.12. The molecule has 0 aromatic heterocycles. The van der Waals surface area contributed by atoms with Gasteiger partial charge < -0.3 is 4.90 Å². The summed E-state index contributed by atoms with van der Waals surface area (Å²) in [6.07, 6.45) is 0.110. The van der Waals surface area contributed by atoms with E-state index in [1.165, 1.54) is 11.0 Å². The van der Waals surface area contributed by atoms with Crippen LogP contribution in [0.1, 0.15) is 12.0 Å². The number of nitrogens with two attached hydrogens (primary N) is 1. The first-order chi connectivity index (χ1) is 9.26. The van der Waals surface area contributed by atoms with Crippen molar-refractivity contribution in [3.05, 3.63) is 34.6 Å². The van der Waals surface area contributed by atoms with Crippen LogP contribution in [-0.2, 0) is 21.4 Å². The first-order valence-electron chi connectivity index (χ1n) is 5.97. The number of benzene rings is 1. The van der Waals surface area contributed by atoms with Crippen LogP contribution in [0.3, 0.4) is 0 Å². The third-order valence-electron chi connectivity index (χ3n) is 3.16. The number of carbonyl (C=O) groups is 1. The van der Waals surface area contributed by atoms with Crippen LogP contribution < -0.4 is 5.14 Å². The van der Waals surface area contributed by atoms with Crippen LogP contribution in [0.5, 0.6) is 0 Å². The Kier molecular flexibility index (Phi) is 4.31. The molecule has 0 aliphatic carbocycles. The smallest absolute Gasteiger partial charge is 0.223 e. The Hall–Kier alpha value is -1.18. The van der Waals surface area contributed by atoms with E-state index in [4.69, 9.17) is 16.7 Å². The topological polar surface area (TPSA) is 80.5 Å². The van der Waals surface area contributed by atoms with Crippen LogP contribution in [0, 0.1) is 11.7 Å². The highest BCUT2D eigenvalue weighted by atomic mass is 35.5. The molecule has 8 heteroatoms. The monoisotopic (exact) mass is 320 g/mol. The van der Waals surface area contributed by atoms with Gasteiger partial charge in [-0.1, -0.05) is 23.7 Å². The van der Waals surface area contributed by atoms with Crippen molar-refractivity contribution in [1.82, 2.24) is 4.90 Å². The molecule has 5 nitrogen and oxygen atoms in total. The quantitative estimate of drug-likeness (QED) is 0.902. The van der Waals surface area contributed by atoms with Gasteiger partial charge in [0.1, 0.15) is 5.82 Å². The van der Waals surface area contributed by atoms with Gasteiger partial charge in [0.15, 0.2) is 0 Å². The molecule has 1 saturated heterocycles. The van der Waals surface area contributed by atoms with Gasteiger partial charge in [0.25, 0.3) is 0 Å². The summed E-state index contributed by atoms with van der Waals surface area (Å²) in [5.74, 6) is -1.36. The maximum atomic E-state index is 13.8. The third kappa shape index (κ3) is 3.68. The molecule has 0 spiro atoms. The molecule has 20 heavy (non-hydrogen) atoms. The molecule has 2 rings (SSSR count). The highest BCUT2D eigenvalue weighted by molar-refractivity contribution is 7.89. The summed E-state index contributed by atoms with van der Waals surface area (Å²) >= 11 is 5.68. The highest BCUT2D eigenvalue weighted by Crippen LogP contribution is 2.24. The Labute approximate surface area is 121 Å². The molecule has 1 unspecified atom stereocenters. The van der Waals surface area contributed by atoms with E-state index in [0.717, 1.165) is 0 Å². The van der Waals surface area contributed by atoms with Gasteiger partial charge in [0, 0.05) is 31.0 Å². The van der Waals surface area contributed by atoms with Gasteiger partial charge in [0.05, 0.1) is 10.8 Å². The average Bonchev–Trinajstić information content (AvgIpc) is 2.63. The fourth-order valence-electron chi connectivity index (χ4n) is 2.32. The van der Waals surface area contributed by atoms with Crippen LogP contribution in [0.25, 0.3) is 0 Å². The zero-order valence-electron chi connectivity index (χ0n) is 10.6. The minimum Gasteiger partial charge on any atom is -0.338 e. The summed E-state index contributed by atoms with van der Waals surface area (Å²) in [6.45, 7) is 0.327. The summed E-state index contributed by atoms with van der Waals surface area (Å²) in [7, 11) is -3.62. The van der Waals surface area contributed by atoms with Crippen LogP contribution in [0.2, 0.25) is 5.02 Å². The SMILES string of the molecule is NS(=O)(=O)CC1CC(=O)N(Cc2cccc(Cl)c2F)C1. The largest absolute Gasteiger partial charge is 0.338 e. The van der Waals surface area contributed by atoms with Crippen molar-refractivity contribution < 1.29 is 17.6 Å². The number of likely N-dealkylation sites (tertiary alicyclic amines) is 1. The summed E-state index contributed by atoms with van der Waals surface area (Å²) in [5.41, 5.74) is 0.308. The van der Waals surface area contributed by atoms with Gasteiger partial charge in [-0.3, -0.25) is 4.79 Å². The second-order valence-corrected chi connectivity index (χ2v) is 6.95. The predicted molar refractivity (Wildman–Crippen MR) is 72.9 cm³/mol. The second-order valence-electron chi connectivity index (χ2n) is 4.89. The number of rotatable bonds is 4. The lowest BCUT2D eigenvalue weighted by Gasteiger charge is -2.17. The molecule has 1 heterocycles. The summed E-state index contributed by atoms with van der Waals surface area (Å²) < 4.78 is 35.8. The van der Waals surface area contributed by atoms with Crippen LogP contribution in [-0.4, -0.2) is 31.5 Å². The zero-order chi connectivity index (χ0) is 14.9. The van der Waals surface area contributed by atoms with Gasteiger partial charge in [0.2, 0.25) is 15.9 Å². The number of halogens is 2. The van der Waals surface area contributed by atoms with Gasteiger partial charge in [-0.2, -0.15) is 0 Å². The first-order valence-corrected chi connectivity index (χ1v) is 8.07. The Balaban J connectivity index is 2.07. The van der Waals surface area contributed by atoms with E-state index < -0.39 is 15.8 Å². The lowest BCUT2D eigenvalue weighted by atomic mass is 10.1. The number of carbonyl (C=O) groups excluding carboxylic acids is 1. The molecule has 1 aromatic rings. The highest BCUT2D eigenvalue weighted by Gasteiger charge is 2.32. The van der Waals surface area contributed by atoms with Crippen molar-refractivity contribution in [2.24, 2.45) is 11.1 Å². The number of sulfonamides is 1. The maximum Gasteiger partial charge on any atom is 0.223 e. The Morgan fingerprint density at radius 1 is 1.45 bits per heavy atom. The number of nitrogens with zero attached hydrogens (tertiary/aromatic N) is 1. The molecule has 0 radical (unpaired) electrons. The standard InChI is InChI=1S/C12H14ClFN2O3S/c13-10-3-1-2-9(12(10)14)6-16-5-8(4-11(16)17)7-20(15,18)19/h1-3,8H,4-7H2,(H2,15,18,19). The van der Waals surface area contributed by atoms with Crippen molar-refractivity contribution in [2.45, 2.75) is 13.0 Å². The van der Waals surface area contributed by atoms with E-state index in [0.29, 0.717) is 5.56 Å². The van der Waals surface area contributed by atoms with E-state index >= 15 is 0 Å². The Bertz CT molecular complexity index is 636. The molecule has 1 atom stereocenters. The molecule has 1 aliphatic heterocycles. The van der Waals surface area contributed by atoms with E-state index in [1.807, 2.05) is 0 Å². The molecule has 0 bridgehead atoms. The lowest BCUT2D eigenvalue weighted by Crippen LogP contribution is -2.27. The van der Waals surface area contributed by atoms with Crippen LogP contribution in [0.15, 0.2) is 18.2 Å². The Morgan fingerprint density at radius 2 is 2.15 bits per heavy atom. The normalized spacial score (nSPS) is 19.6. The number of amides is 1. The Morgan fingerprint density at radius 3 is 2.80 bits per heavy atom. The zero-order valence-corrected chi connectivity index (χ0v) is 12.1. The van der Waals surface area contributed by atoms with Gasteiger partial charge in [-0.15, -0.1) is 0 Å². The molecule has 1 amide bonds. The van der Waals surface area contributed by atoms with E-state index in [2.05, 4.69) is 0 Å². The van der Waals surface area contributed by atoms with Crippen molar-refractivity contribution >= 4 is 27.5 Å². The fourth-order valence-corrected chi connectivity index (χ4v) is 3.40. The summed E-state index contributed by atoms with van der Waals surface area (Å²) in [4.78, 5) is 13.2. The molecule has 110 valence electrons. The molecular weight excluding hydrogens is 307 g/mol. The molecule has 1 aromatic carbocycles. The average molecular weight is 321 g/mol. The molecule has 2 N–H and O–H groups in total. The minimum atomic E-state index is -3.62. The fraction of sp³-hybridized carbons (Fsp3) is 0.417. The number of hydrogen-bond donors (Lipinski definition) is 1.